The molecule has 132 valence electrons. The molecule has 1 N–H and O–H groups in total. The van der Waals surface area contributed by atoms with Crippen molar-refractivity contribution in [3.63, 3.8) is 0 Å². The topological polar surface area (TPSA) is 46.9 Å². The number of rotatable bonds is 5. The van der Waals surface area contributed by atoms with E-state index in [1.165, 1.54) is 13.2 Å². The minimum Gasteiger partial charge on any atom is -0.493 e. The van der Waals surface area contributed by atoms with Gasteiger partial charge in [0.2, 0.25) is 0 Å². The maximum Gasteiger partial charge on any atom is 0.163 e. The fourth-order valence-corrected chi connectivity index (χ4v) is 3.00. The quantitative estimate of drug-likeness (QED) is 0.892. The normalized spacial score (nSPS) is 16.3. The van der Waals surface area contributed by atoms with Gasteiger partial charge in [-0.15, -0.1) is 12.4 Å². The molecular formula is C17H22ClFN2O3. The third kappa shape index (κ3) is 3.66. The second-order valence-corrected chi connectivity index (χ2v) is 5.43. The molecule has 2 heterocycles. The Balaban J connectivity index is 0.00000208. The standard InChI is InChI=1S/C17H21FN2O3.ClH/c1-21-15-10-12(13(18)11-16(15)22-2)17(14-4-3-9-23-14)20-7-5-19-6-8-20;/h3-4,9-11,17,19H,5-8H2,1-2H3;1H/t17-;/m0./s1. The van der Waals surface area contributed by atoms with Crippen LogP contribution in [0, 0.1) is 5.82 Å². The minimum absolute atomic E-state index is 0. The molecule has 7 heteroatoms. The zero-order chi connectivity index (χ0) is 16.2. The highest BCUT2D eigenvalue weighted by Crippen LogP contribution is 2.37. The van der Waals surface area contributed by atoms with E-state index in [1.807, 2.05) is 12.1 Å². The van der Waals surface area contributed by atoms with Gasteiger partial charge >= 0.3 is 0 Å². The van der Waals surface area contributed by atoms with Crippen molar-refractivity contribution >= 4 is 12.4 Å². The molecule has 1 fully saturated rings. The molecule has 0 unspecified atom stereocenters. The van der Waals surface area contributed by atoms with E-state index in [-0.39, 0.29) is 24.3 Å². The van der Waals surface area contributed by atoms with Crippen molar-refractivity contribution in [2.24, 2.45) is 0 Å². The fraction of sp³-hybridized carbons (Fsp3) is 0.412. The van der Waals surface area contributed by atoms with E-state index in [4.69, 9.17) is 13.9 Å². The van der Waals surface area contributed by atoms with E-state index in [0.29, 0.717) is 17.1 Å². The Bertz CT molecular complexity index is 646. The monoisotopic (exact) mass is 356 g/mol. The molecule has 0 spiro atoms. The number of methoxy groups -OCH3 is 2. The van der Waals surface area contributed by atoms with Crippen LogP contribution in [0.25, 0.3) is 0 Å². The number of furan rings is 1. The first kappa shape index (κ1) is 18.6. The Morgan fingerprint density at radius 1 is 1.17 bits per heavy atom. The number of ether oxygens (including phenoxy) is 2. The number of hydrogen-bond donors (Lipinski definition) is 1. The minimum atomic E-state index is -0.331. The zero-order valence-corrected chi connectivity index (χ0v) is 14.6. The predicted molar refractivity (Wildman–Crippen MR) is 91.7 cm³/mol. The summed E-state index contributed by atoms with van der Waals surface area (Å²) in [4.78, 5) is 2.21. The average Bonchev–Trinajstić information content (AvgIpc) is 3.11. The highest BCUT2D eigenvalue weighted by molar-refractivity contribution is 5.85. The van der Waals surface area contributed by atoms with Gasteiger partial charge in [0.15, 0.2) is 11.5 Å². The van der Waals surface area contributed by atoms with Gasteiger partial charge in [0.1, 0.15) is 11.6 Å². The van der Waals surface area contributed by atoms with Gasteiger partial charge in [0.25, 0.3) is 0 Å². The van der Waals surface area contributed by atoms with Gasteiger partial charge in [-0.2, -0.15) is 0 Å². The molecule has 1 aromatic carbocycles. The molecule has 5 nitrogen and oxygen atoms in total. The van der Waals surface area contributed by atoms with Crippen LogP contribution in [0.15, 0.2) is 34.9 Å². The van der Waals surface area contributed by atoms with Crippen LogP contribution in [0.2, 0.25) is 0 Å². The van der Waals surface area contributed by atoms with Crippen molar-refractivity contribution in [3.8, 4) is 11.5 Å². The Labute approximate surface area is 147 Å². The summed E-state index contributed by atoms with van der Waals surface area (Å²) in [6.45, 7) is 3.37. The smallest absolute Gasteiger partial charge is 0.163 e. The average molecular weight is 357 g/mol. The number of nitrogens with one attached hydrogen (secondary N) is 1. The molecule has 1 atom stereocenters. The van der Waals surface area contributed by atoms with E-state index in [0.717, 1.165) is 31.9 Å². The molecule has 2 aromatic rings. The van der Waals surface area contributed by atoms with E-state index in [2.05, 4.69) is 10.2 Å². The summed E-state index contributed by atoms with van der Waals surface area (Å²) in [5, 5.41) is 3.31. The van der Waals surface area contributed by atoms with Crippen molar-refractivity contribution in [2.45, 2.75) is 6.04 Å². The van der Waals surface area contributed by atoms with Crippen LogP contribution in [0.5, 0.6) is 11.5 Å². The molecule has 0 aliphatic carbocycles. The Morgan fingerprint density at radius 2 is 1.83 bits per heavy atom. The van der Waals surface area contributed by atoms with Crippen LogP contribution >= 0.6 is 12.4 Å². The molecule has 24 heavy (non-hydrogen) atoms. The maximum absolute atomic E-state index is 14.7. The maximum atomic E-state index is 14.7. The van der Waals surface area contributed by atoms with Crippen molar-refractivity contribution in [1.82, 2.24) is 10.2 Å². The largest absolute Gasteiger partial charge is 0.493 e. The lowest BCUT2D eigenvalue weighted by atomic mass is 10.0. The SMILES string of the molecule is COc1cc(F)c([C@@H](c2ccco2)N2CCNCC2)cc1OC.Cl. The molecule has 3 rings (SSSR count). The third-order valence-corrected chi connectivity index (χ3v) is 4.13. The summed E-state index contributed by atoms with van der Waals surface area (Å²) in [6, 6.07) is 6.48. The predicted octanol–water partition coefficient (Wildman–Crippen LogP) is 2.85. The van der Waals surface area contributed by atoms with Gasteiger partial charge in [0, 0.05) is 37.8 Å². The van der Waals surface area contributed by atoms with Crippen LogP contribution in [-0.2, 0) is 0 Å². The van der Waals surface area contributed by atoms with Crippen LogP contribution in [0.1, 0.15) is 17.4 Å². The highest BCUT2D eigenvalue weighted by atomic mass is 35.5. The second kappa shape index (κ2) is 8.37. The van der Waals surface area contributed by atoms with Gasteiger partial charge in [-0.3, -0.25) is 4.90 Å². The second-order valence-electron chi connectivity index (χ2n) is 5.43. The number of piperazine rings is 1. The van der Waals surface area contributed by atoms with E-state index in [9.17, 15) is 4.39 Å². The first-order chi connectivity index (χ1) is 11.2. The van der Waals surface area contributed by atoms with Gasteiger partial charge < -0.3 is 19.2 Å². The Morgan fingerprint density at radius 3 is 2.42 bits per heavy atom. The molecule has 1 aliphatic rings. The number of benzene rings is 1. The van der Waals surface area contributed by atoms with E-state index >= 15 is 0 Å². The van der Waals surface area contributed by atoms with Crippen molar-refractivity contribution < 1.29 is 18.3 Å². The van der Waals surface area contributed by atoms with Crippen LogP contribution in [0.3, 0.4) is 0 Å². The molecule has 0 amide bonds. The summed E-state index contributed by atoms with van der Waals surface area (Å²) in [5.74, 6) is 1.28. The van der Waals surface area contributed by atoms with Crippen LogP contribution in [-0.4, -0.2) is 45.3 Å². The molecule has 0 saturated carbocycles. The Kier molecular flexibility index (Phi) is 6.48. The van der Waals surface area contributed by atoms with Crippen LogP contribution < -0.4 is 14.8 Å². The molecule has 1 aliphatic heterocycles. The summed E-state index contributed by atoms with van der Waals surface area (Å²) in [6.07, 6.45) is 1.61. The Hall–Kier alpha value is -1.76. The summed E-state index contributed by atoms with van der Waals surface area (Å²) in [5.41, 5.74) is 0.527. The van der Waals surface area contributed by atoms with Gasteiger partial charge in [0.05, 0.1) is 26.5 Å². The van der Waals surface area contributed by atoms with Gasteiger partial charge in [-0.25, -0.2) is 4.39 Å². The number of hydrogen-bond acceptors (Lipinski definition) is 5. The lowest BCUT2D eigenvalue weighted by Gasteiger charge is -2.34. The van der Waals surface area contributed by atoms with Crippen molar-refractivity contribution in [3.05, 3.63) is 47.7 Å². The first-order valence-electron chi connectivity index (χ1n) is 7.64. The lowest BCUT2D eigenvalue weighted by molar-refractivity contribution is 0.176. The van der Waals surface area contributed by atoms with E-state index < -0.39 is 0 Å². The van der Waals surface area contributed by atoms with Crippen LogP contribution in [0.4, 0.5) is 4.39 Å². The number of halogens is 2. The highest BCUT2D eigenvalue weighted by Gasteiger charge is 2.29. The molecular weight excluding hydrogens is 335 g/mol. The first-order valence-corrected chi connectivity index (χ1v) is 7.64. The summed E-state index contributed by atoms with van der Waals surface area (Å²) in [7, 11) is 3.05. The number of nitrogens with zero attached hydrogens (tertiary/aromatic N) is 1. The van der Waals surface area contributed by atoms with Gasteiger partial charge in [-0.1, -0.05) is 0 Å². The summed E-state index contributed by atoms with van der Waals surface area (Å²) < 4.78 is 30.8. The lowest BCUT2D eigenvalue weighted by Crippen LogP contribution is -2.45. The van der Waals surface area contributed by atoms with Crippen molar-refractivity contribution in [1.29, 1.82) is 0 Å². The van der Waals surface area contributed by atoms with Gasteiger partial charge in [-0.05, 0) is 18.2 Å². The molecule has 1 saturated heterocycles. The summed E-state index contributed by atoms with van der Waals surface area (Å²) >= 11 is 0. The van der Waals surface area contributed by atoms with Crippen molar-refractivity contribution in [2.75, 3.05) is 40.4 Å². The molecule has 1 aromatic heterocycles. The molecule has 0 radical (unpaired) electrons. The third-order valence-electron chi connectivity index (χ3n) is 4.13. The zero-order valence-electron chi connectivity index (χ0n) is 13.8. The fourth-order valence-electron chi connectivity index (χ4n) is 3.00. The molecule has 0 bridgehead atoms. The van der Waals surface area contributed by atoms with E-state index in [1.54, 1.807) is 19.4 Å².